The Hall–Kier alpha value is -1.14. The lowest BCUT2D eigenvalue weighted by Crippen LogP contribution is -2.47. The number of piperidine rings is 1. The summed E-state index contributed by atoms with van der Waals surface area (Å²) in [6.45, 7) is 10.5. The number of pyridine rings is 1. The van der Waals surface area contributed by atoms with Crippen LogP contribution in [0.2, 0.25) is 0 Å². The van der Waals surface area contributed by atoms with Crippen molar-refractivity contribution in [2.24, 2.45) is 0 Å². The lowest BCUT2D eigenvalue weighted by molar-refractivity contribution is 0.198. The Labute approximate surface area is 175 Å². The van der Waals surface area contributed by atoms with Crippen LogP contribution in [-0.2, 0) is 11.8 Å². The van der Waals surface area contributed by atoms with Crippen molar-refractivity contribution in [3.05, 3.63) is 46.5 Å². The van der Waals surface area contributed by atoms with E-state index in [1.807, 2.05) is 6.20 Å². The first-order chi connectivity index (χ1) is 12.0. The zero-order chi connectivity index (χ0) is 17.9. The molecule has 1 aliphatic rings. The average molecular weight is 414 g/mol. The lowest BCUT2D eigenvalue weighted by Gasteiger charge is -2.40. The fourth-order valence-corrected chi connectivity index (χ4v) is 4.02. The highest BCUT2D eigenvalue weighted by atomic mass is 35.5. The molecule has 0 aliphatic carbocycles. The van der Waals surface area contributed by atoms with Crippen molar-refractivity contribution >= 4 is 24.8 Å². The molecule has 0 unspecified atom stereocenters. The van der Waals surface area contributed by atoms with E-state index in [9.17, 15) is 0 Å². The molecule has 0 saturated carbocycles. The van der Waals surface area contributed by atoms with Crippen molar-refractivity contribution in [1.29, 1.82) is 0 Å². The molecule has 1 aliphatic heterocycles. The largest absolute Gasteiger partial charge is 0.317 e. The Bertz CT molecular complexity index is 673. The molecule has 0 amide bonds. The molecule has 2 N–H and O–H groups in total. The van der Waals surface area contributed by atoms with Gasteiger partial charge in [0.2, 0.25) is 0 Å². The maximum Gasteiger partial charge on any atom is 0.0626 e. The topological polar surface area (TPSA) is 56.8 Å². The summed E-state index contributed by atoms with van der Waals surface area (Å²) in [6, 6.07) is 4.43. The van der Waals surface area contributed by atoms with Gasteiger partial charge in [-0.2, -0.15) is 5.10 Å². The van der Waals surface area contributed by atoms with E-state index in [0.29, 0.717) is 0 Å². The summed E-state index contributed by atoms with van der Waals surface area (Å²) in [6.07, 6.45) is 5.35. The second-order valence-corrected chi connectivity index (χ2v) is 7.65. The second-order valence-electron chi connectivity index (χ2n) is 7.65. The summed E-state index contributed by atoms with van der Waals surface area (Å²) < 4.78 is 0. The molecule has 0 spiro atoms. The molecule has 2 aromatic heterocycles. The van der Waals surface area contributed by atoms with E-state index in [2.05, 4.69) is 60.4 Å². The van der Waals surface area contributed by atoms with Crippen molar-refractivity contribution in [3.8, 4) is 0 Å². The predicted molar refractivity (Wildman–Crippen MR) is 117 cm³/mol. The van der Waals surface area contributed by atoms with Crippen molar-refractivity contribution < 1.29 is 0 Å². The first-order valence-electron chi connectivity index (χ1n) is 9.33. The minimum Gasteiger partial charge on any atom is -0.317 e. The van der Waals surface area contributed by atoms with Gasteiger partial charge in [-0.15, -0.1) is 24.8 Å². The second kappa shape index (κ2) is 10.4. The first-order valence-corrected chi connectivity index (χ1v) is 9.33. The third kappa shape index (κ3) is 5.67. The van der Waals surface area contributed by atoms with Crippen LogP contribution in [0.5, 0.6) is 0 Å². The fourth-order valence-electron chi connectivity index (χ4n) is 4.02. The Morgan fingerprint density at radius 2 is 1.81 bits per heavy atom. The third-order valence-electron chi connectivity index (χ3n) is 5.61. The summed E-state index contributed by atoms with van der Waals surface area (Å²) in [7, 11) is 2.24. The Morgan fingerprint density at radius 1 is 1.11 bits per heavy atom. The number of hydrogen-bond acceptors (Lipinski definition) is 4. The highest BCUT2D eigenvalue weighted by Crippen LogP contribution is 2.33. The van der Waals surface area contributed by atoms with Crippen LogP contribution in [0.1, 0.15) is 41.1 Å². The van der Waals surface area contributed by atoms with Crippen molar-refractivity contribution in [3.63, 3.8) is 0 Å². The minimum absolute atomic E-state index is 0. The molecule has 27 heavy (non-hydrogen) atoms. The van der Waals surface area contributed by atoms with Crippen molar-refractivity contribution in [2.75, 3.05) is 33.2 Å². The minimum atomic E-state index is 0. The van der Waals surface area contributed by atoms with Gasteiger partial charge in [0.1, 0.15) is 0 Å². The molecule has 3 heterocycles. The summed E-state index contributed by atoms with van der Waals surface area (Å²) in [5, 5.41) is 10.9. The Morgan fingerprint density at radius 3 is 2.37 bits per heavy atom. The van der Waals surface area contributed by atoms with Crippen LogP contribution in [0, 0.1) is 20.8 Å². The van der Waals surface area contributed by atoms with Crippen LogP contribution in [0.15, 0.2) is 18.3 Å². The van der Waals surface area contributed by atoms with Gasteiger partial charge in [0.05, 0.1) is 5.69 Å². The van der Waals surface area contributed by atoms with E-state index in [1.54, 1.807) is 0 Å². The van der Waals surface area contributed by atoms with E-state index in [0.717, 1.165) is 51.1 Å². The van der Waals surface area contributed by atoms with Gasteiger partial charge >= 0.3 is 0 Å². The number of aromatic nitrogens is 3. The van der Waals surface area contributed by atoms with Gasteiger partial charge in [0.25, 0.3) is 0 Å². The number of halogens is 2. The van der Waals surface area contributed by atoms with Gasteiger partial charge in [-0.3, -0.25) is 10.1 Å². The molecule has 1 saturated heterocycles. The molecule has 152 valence electrons. The van der Waals surface area contributed by atoms with Gasteiger partial charge in [-0.05, 0) is 77.4 Å². The van der Waals surface area contributed by atoms with E-state index in [-0.39, 0.29) is 30.2 Å². The molecule has 5 nitrogen and oxygen atoms in total. The molecule has 2 aromatic rings. The van der Waals surface area contributed by atoms with E-state index in [4.69, 9.17) is 4.98 Å². The quantitative estimate of drug-likeness (QED) is 0.761. The monoisotopic (exact) mass is 413 g/mol. The number of hydrogen-bond donors (Lipinski definition) is 2. The first kappa shape index (κ1) is 23.9. The summed E-state index contributed by atoms with van der Waals surface area (Å²) in [5.74, 6) is 0. The highest BCUT2D eigenvalue weighted by molar-refractivity contribution is 5.85. The van der Waals surface area contributed by atoms with Crippen LogP contribution in [0.25, 0.3) is 0 Å². The lowest BCUT2D eigenvalue weighted by atomic mass is 9.75. The molecular weight excluding hydrogens is 381 g/mol. The van der Waals surface area contributed by atoms with Gasteiger partial charge in [-0.25, -0.2) is 0 Å². The number of aryl methyl sites for hydroxylation is 3. The standard InChI is InChI=1S/C20H31N5.2ClH/c1-15-5-6-19(22-13-15)20(8-10-21-11-9-20)14-25(4)12-7-18-16(2)23-24-17(18)3;;/h5-6,13,21H,7-12,14H2,1-4H3,(H,23,24);2*1H. The normalized spacial score (nSPS) is 15.9. The van der Waals surface area contributed by atoms with Crippen LogP contribution in [0.4, 0.5) is 0 Å². The zero-order valence-electron chi connectivity index (χ0n) is 16.8. The SMILES string of the molecule is Cc1ccc(C2(CN(C)CCc3c(C)n[nH]c3C)CCNCC2)nc1.Cl.Cl. The van der Waals surface area contributed by atoms with Crippen LogP contribution in [0.3, 0.4) is 0 Å². The molecule has 0 atom stereocenters. The predicted octanol–water partition coefficient (Wildman–Crippen LogP) is 3.37. The number of aromatic amines is 1. The van der Waals surface area contributed by atoms with E-state index >= 15 is 0 Å². The van der Waals surface area contributed by atoms with Crippen LogP contribution in [-0.4, -0.2) is 53.3 Å². The smallest absolute Gasteiger partial charge is 0.0626 e. The molecule has 3 rings (SSSR count). The maximum absolute atomic E-state index is 4.80. The summed E-state index contributed by atoms with van der Waals surface area (Å²) in [4.78, 5) is 7.27. The molecule has 0 radical (unpaired) electrons. The fraction of sp³-hybridized carbons (Fsp3) is 0.600. The van der Waals surface area contributed by atoms with Gasteiger partial charge in [0.15, 0.2) is 0 Å². The number of nitrogens with zero attached hydrogens (tertiary/aromatic N) is 3. The van der Waals surface area contributed by atoms with Gasteiger partial charge in [0, 0.05) is 36.1 Å². The van der Waals surface area contributed by atoms with Gasteiger partial charge < -0.3 is 10.2 Å². The summed E-state index contributed by atoms with van der Waals surface area (Å²) in [5.41, 5.74) is 6.33. The maximum atomic E-state index is 4.80. The molecule has 7 heteroatoms. The van der Waals surface area contributed by atoms with E-state index in [1.165, 1.54) is 22.5 Å². The Kier molecular flexibility index (Phi) is 9.22. The zero-order valence-corrected chi connectivity index (χ0v) is 18.5. The third-order valence-corrected chi connectivity index (χ3v) is 5.61. The molecular formula is C20H33Cl2N5. The Balaban J connectivity index is 0.00000182. The highest BCUT2D eigenvalue weighted by Gasteiger charge is 2.36. The van der Waals surface area contributed by atoms with Crippen molar-refractivity contribution in [2.45, 2.75) is 45.4 Å². The van der Waals surface area contributed by atoms with E-state index < -0.39 is 0 Å². The van der Waals surface area contributed by atoms with Crippen LogP contribution < -0.4 is 5.32 Å². The molecule has 1 fully saturated rings. The summed E-state index contributed by atoms with van der Waals surface area (Å²) >= 11 is 0. The van der Waals surface area contributed by atoms with Crippen molar-refractivity contribution in [1.82, 2.24) is 25.4 Å². The molecule has 0 aromatic carbocycles. The number of rotatable bonds is 6. The van der Waals surface area contributed by atoms with Gasteiger partial charge in [-0.1, -0.05) is 6.07 Å². The number of H-pyrrole nitrogens is 1. The number of likely N-dealkylation sites (N-methyl/N-ethyl adjacent to an activating group) is 1. The number of nitrogens with one attached hydrogen (secondary N) is 2. The van der Waals surface area contributed by atoms with Crippen LogP contribution >= 0.6 is 24.8 Å². The molecule has 0 bridgehead atoms. The average Bonchev–Trinajstić information content (AvgIpc) is 2.92.